The van der Waals surface area contributed by atoms with E-state index < -0.39 is 0 Å². The zero-order chi connectivity index (χ0) is 16.1. The Hall–Kier alpha value is -2.13. The van der Waals surface area contributed by atoms with Crippen molar-refractivity contribution in [3.8, 4) is 11.1 Å². The number of hydrogen-bond acceptors (Lipinski definition) is 3. The molecule has 0 atom stereocenters. The van der Waals surface area contributed by atoms with Crippen LogP contribution in [0.1, 0.15) is 15.9 Å². The molecular formula is C19H24N2O. The maximum atomic E-state index is 11.3. The summed E-state index contributed by atoms with van der Waals surface area (Å²) in [7, 11) is 6.19. The number of benzene rings is 2. The van der Waals surface area contributed by atoms with Gasteiger partial charge in [0.05, 0.1) is 0 Å². The van der Waals surface area contributed by atoms with E-state index in [1.807, 2.05) is 24.3 Å². The molecule has 3 nitrogen and oxygen atoms in total. The molecule has 0 saturated carbocycles. The molecule has 0 N–H and O–H groups in total. The van der Waals surface area contributed by atoms with Crippen LogP contribution < -0.4 is 4.90 Å². The number of carbonyl (C=O) groups is 1. The van der Waals surface area contributed by atoms with E-state index in [1.54, 1.807) is 0 Å². The van der Waals surface area contributed by atoms with Crippen molar-refractivity contribution >= 4 is 12.0 Å². The van der Waals surface area contributed by atoms with E-state index in [9.17, 15) is 4.79 Å². The van der Waals surface area contributed by atoms with Gasteiger partial charge in [0.2, 0.25) is 0 Å². The fourth-order valence-electron chi connectivity index (χ4n) is 2.45. The minimum atomic E-state index is 0.715. The Morgan fingerprint density at radius 2 is 1.73 bits per heavy atom. The third-order valence-corrected chi connectivity index (χ3v) is 3.86. The summed E-state index contributed by atoms with van der Waals surface area (Å²) in [5.74, 6) is 0. The molecular weight excluding hydrogens is 272 g/mol. The lowest BCUT2D eigenvalue weighted by atomic mass is 9.98. The van der Waals surface area contributed by atoms with Crippen LogP contribution in [-0.2, 0) is 0 Å². The molecule has 0 aliphatic heterocycles. The van der Waals surface area contributed by atoms with Crippen molar-refractivity contribution in [2.24, 2.45) is 0 Å². The van der Waals surface area contributed by atoms with E-state index in [-0.39, 0.29) is 0 Å². The summed E-state index contributed by atoms with van der Waals surface area (Å²) in [5, 5.41) is 0. The SMILES string of the molecule is Cc1ccccc1-c1cc(C=O)cc(N(C)CCN(C)C)c1. The van der Waals surface area contributed by atoms with Crippen molar-refractivity contribution in [2.75, 3.05) is 39.1 Å². The van der Waals surface area contributed by atoms with E-state index in [0.29, 0.717) is 5.56 Å². The van der Waals surface area contributed by atoms with Crippen LogP contribution in [0, 0.1) is 6.92 Å². The number of anilines is 1. The molecule has 0 saturated heterocycles. The Bertz CT molecular complexity index is 650. The topological polar surface area (TPSA) is 23.6 Å². The van der Waals surface area contributed by atoms with Gasteiger partial charge >= 0.3 is 0 Å². The number of aldehydes is 1. The minimum Gasteiger partial charge on any atom is -0.373 e. The van der Waals surface area contributed by atoms with Crippen LogP contribution in [0.25, 0.3) is 11.1 Å². The van der Waals surface area contributed by atoms with Crippen LogP contribution in [0.2, 0.25) is 0 Å². The van der Waals surface area contributed by atoms with Gasteiger partial charge in [-0.3, -0.25) is 4.79 Å². The first kappa shape index (κ1) is 16.2. The van der Waals surface area contributed by atoms with Gasteiger partial charge in [0, 0.05) is 31.4 Å². The van der Waals surface area contributed by atoms with Gasteiger partial charge in [-0.05, 0) is 55.9 Å². The highest BCUT2D eigenvalue weighted by Crippen LogP contribution is 2.28. The fraction of sp³-hybridized carbons (Fsp3) is 0.316. The Kier molecular flexibility index (Phi) is 5.34. The predicted molar refractivity (Wildman–Crippen MR) is 93.8 cm³/mol. The predicted octanol–water partition coefficient (Wildman–Crippen LogP) is 3.47. The summed E-state index contributed by atoms with van der Waals surface area (Å²) in [5.41, 5.74) is 5.27. The second-order valence-corrected chi connectivity index (χ2v) is 5.97. The van der Waals surface area contributed by atoms with Crippen molar-refractivity contribution in [1.82, 2.24) is 4.90 Å². The Morgan fingerprint density at radius 3 is 2.36 bits per heavy atom. The van der Waals surface area contributed by atoms with E-state index in [2.05, 4.69) is 56.1 Å². The van der Waals surface area contributed by atoms with Gasteiger partial charge in [0.15, 0.2) is 0 Å². The molecule has 3 heteroatoms. The molecule has 0 spiro atoms. The van der Waals surface area contributed by atoms with Gasteiger partial charge in [-0.2, -0.15) is 0 Å². The van der Waals surface area contributed by atoms with Crippen molar-refractivity contribution in [2.45, 2.75) is 6.92 Å². The molecule has 0 aliphatic carbocycles. The molecule has 0 bridgehead atoms. The van der Waals surface area contributed by atoms with Crippen molar-refractivity contribution in [1.29, 1.82) is 0 Å². The molecule has 2 aromatic rings. The molecule has 2 aromatic carbocycles. The molecule has 2 rings (SSSR count). The minimum absolute atomic E-state index is 0.715. The molecule has 0 aromatic heterocycles. The maximum absolute atomic E-state index is 11.3. The van der Waals surface area contributed by atoms with E-state index >= 15 is 0 Å². The van der Waals surface area contributed by atoms with Crippen molar-refractivity contribution in [3.63, 3.8) is 0 Å². The third kappa shape index (κ3) is 3.95. The van der Waals surface area contributed by atoms with Gasteiger partial charge in [0.1, 0.15) is 6.29 Å². The first-order valence-electron chi connectivity index (χ1n) is 7.53. The lowest BCUT2D eigenvalue weighted by Crippen LogP contribution is -2.28. The van der Waals surface area contributed by atoms with Gasteiger partial charge in [-0.15, -0.1) is 0 Å². The molecule has 0 aliphatic rings. The fourth-order valence-corrected chi connectivity index (χ4v) is 2.45. The summed E-state index contributed by atoms with van der Waals surface area (Å²) < 4.78 is 0. The average Bonchev–Trinajstić information content (AvgIpc) is 2.52. The second-order valence-electron chi connectivity index (χ2n) is 5.97. The molecule has 0 radical (unpaired) electrons. The van der Waals surface area contributed by atoms with E-state index in [1.165, 1.54) is 11.1 Å². The standard InChI is InChI=1S/C19H24N2O/c1-15-7-5-6-8-19(15)17-11-16(14-22)12-18(13-17)21(4)10-9-20(2)3/h5-8,11-14H,9-10H2,1-4H3. The summed E-state index contributed by atoms with van der Waals surface area (Å²) in [4.78, 5) is 15.6. The highest BCUT2D eigenvalue weighted by molar-refractivity contribution is 5.83. The molecule has 0 amide bonds. The molecule has 116 valence electrons. The van der Waals surface area contributed by atoms with E-state index in [4.69, 9.17) is 0 Å². The lowest BCUT2D eigenvalue weighted by molar-refractivity contribution is 0.112. The number of hydrogen-bond donors (Lipinski definition) is 0. The maximum Gasteiger partial charge on any atom is 0.150 e. The van der Waals surface area contributed by atoms with Crippen LogP contribution in [0.3, 0.4) is 0 Å². The number of nitrogens with zero attached hydrogens (tertiary/aromatic N) is 2. The van der Waals surface area contributed by atoms with Gasteiger partial charge in [-0.25, -0.2) is 0 Å². The summed E-state index contributed by atoms with van der Waals surface area (Å²) >= 11 is 0. The van der Waals surface area contributed by atoms with Crippen molar-refractivity contribution < 1.29 is 4.79 Å². The first-order valence-corrected chi connectivity index (χ1v) is 7.53. The molecule has 0 unspecified atom stereocenters. The lowest BCUT2D eigenvalue weighted by Gasteiger charge is -2.23. The first-order chi connectivity index (χ1) is 10.5. The summed E-state index contributed by atoms with van der Waals surface area (Å²) in [6, 6.07) is 14.3. The van der Waals surface area contributed by atoms with Crippen LogP contribution in [0.5, 0.6) is 0 Å². The van der Waals surface area contributed by atoms with E-state index in [0.717, 1.165) is 30.6 Å². The van der Waals surface area contributed by atoms with Gasteiger partial charge in [0.25, 0.3) is 0 Å². The molecule has 0 heterocycles. The smallest absolute Gasteiger partial charge is 0.150 e. The zero-order valence-corrected chi connectivity index (χ0v) is 13.8. The molecule has 22 heavy (non-hydrogen) atoms. The van der Waals surface area contributed by atoms with Gasteiger partial charge < -0.3 is 9.80 Å². The number of likely N-dealkylation sites (N-methyl/N-ethyl adjacent to an activating group) is 2. The van der Waals surface area contributed by atoms with Crippen LogP contribution in [0.4, 0.5) is 5.69 Å². The number of aryl methyl sites for hydroxylation is 1. The largest absolute Gasteiger partial charge is 0.373 e. The highest BCUT2D eigenvalue weighted by Gasteiger charge is 2.08. The quantitative estimate of drug-likeness (QED) is 0.763. The van der Waals surface area contributed by atoms with Gasteiger partial charge in [-0.1, -0.05) is 24.3 Å². The second kappa shape index (κ2) is 7.23. The third-order valence-electron chi connectivity index (χ3n) is 3.86. The normalized spacial score (nSPS) is 10.8. The zero-order valence-electron chi connectivity index (χ0n) is 13.8. The Labute approximate surface area is 133 Å². The molecule has 0 fully saturated rings. The Balaban J connectivity index is 2.38. The highest BCUT2D eigenvalue weighted by atomic mass is 16.1. The Morgan fingerprint density at radius 1 is 1.00 bits per heavy atom. The monoisotopic (exact) mass is 296 g/mol. The number of rotatable bonds is 6. The van der Waals surface area contributed by atoms with Crippen LogP contribution >= 0.6 is 0 Å². The van der Waals surface area contributed by atoms with Crippen LogP contribution in [0.15, 0.2) is 42.5 Å². The van der Waals surface area contributed by atoms with Crippen LogP contribution in [-0.4, -0.2) is 45.4 Å². The number of carbonyl (C=O) groups excluding carboxylic acids is 1. The summed E-state index contributed by atoms with van der Waals surface area (Å²) in [6.45, 7) is 3.99. The average molecular weight is 296 g/mol. The summed E-state index contributed by atoms with van der Waals surface area (Å²) in [6.07, 6.45) is 0.922. The van der Waals surface area contributed by atoms with Crippen molar-refractivity contribution in [3.05, 3.63) is 53.6 Å².